The van der Waals surface area contributed by atoms with Crippen molar-refractivity contribution in [3.8, 4) is 6.07 Å². The van der Waals surface area contributed by atoms with E-state index in [9.17, 15) is 9.00 Å². The molecule has 2 aromatic carbocycles. The minimum absolute atomic E-state index is 0.0662. The highest BCUT2D eigenvalue weighted by molar-refractivity contribution is 7.83. The SMILES string of the molecule is Cc1ccc(S(=O)N[C@H](C#N)C(=O)OCc2ccccc2)cc1. The molecule has 0 bridgehead atoms. The van der Waals surface area contributed by atoms with Crippen molar-refractivity contribution in [2.75, 3.05) is 0 Å². The first-order chi connectivity index (χ1) is 11.1. The fraction of sp³-hybridized carbons (Fsp3) is 0.176. The number of benzene rings is 2. The number of carbonyl (C=O) groups excluding carboxylic acids is 1. The number of rotatable bonds is 6. The highest BCUT2D eigenvalue weighted by atomic mass is 32.2. The lowest BCUT2D eigenvalue weighted by Crippen LogP contribution is -2.37. The van der Waals surface area contributed by atoms with Crippen LogP contribution in [0.25, 0.3) is 0 Å². The van der Waals surface area contributed by atoms with Crippen molar-refractivity contribution in [3.63, 3.8) is 0 Å². The number of nitriles is 1. The summed E-state index contributed by atoms with van der Waals surface area (Å²) in [4.78, 5) is 12.4. The third-order valence-electron chi connectivity index (χ3n) is 3.05. The summed E-state index contributed by atoms with van der Waals surface area (Å²) in [6.45, 7) is 1.98. The maximum Gasteiger partial charge on any atom is 0.339 e. The normalized spacial score (nSPS) is 12.9. The van der Waals surface area contributed by atoms with E-state index in [-0.39, 0.29) is 6.61 Å². The molecule has 0 saturated carbocycles. The van der Waals surface area contributed by atoms with Crippen LogP contribution in [-0.2, 0) is 27.1 Å². The topological polar surface area (TPSA) is 79.2 Å². The number of nitrogens with zero attached hydrogens (tertiary/aromatic N) is 1. The van der Waals surface area contributed by atoms with Gasteiger partial charge in [-0.05, 0) is 24.6 Å². The fourth-order valence-corrected chi connectivity index (χ4v) is 2.66. The third kappa shape index (κ3) is 5.02. The zero-order valence-electron chi connectivity index (χ0n) is 12.6. The van der Waals surface area contributed by atoms with Crippen LogP contribution in [0.15, 0.2) is 59.5 Å². The van der Waals surface area contributed by atoms with E-state index in [0.29, 0.717) is 4.90 Å². The quantitative estimate of drug-likeness (QED) is 0.825. The molecule has 0 amide bonds. The Bertz CT molecular complexity index is 724. The summed E-state index contributed by atoms with van der Waals surface area (Å²) < 4.78 is 19.7. The van der Waals surface area contributed by atoms with Crippen molar-refractivity contribution < 1.29 is 13.7 Å². The van der Waals surface area contributed by atoms with E-state index in [0.717, 1.165) is 11.1 Å². The smallest absolute Gasteiger partial charge is 0.339 e. The second kappa shape index (κ2) is 8.22. The number of hydrogen-bond acceptors (Lipinski definition) is 4. The molecule has 0 spiro atoms. The molecule has 0 aliphatic heterocycles. The molecule has 118 valence electrons. The van der Waals surface area contributed by atoms with Gasteiger partial charge in [-0.25, -0.2) is 13.7 Å². The van der Waals surface area contributed by atoms with Crippen molar-refractivity contribution in [1.29, 1.82) is 5.26 Å². The second-order valence-electron chi connectivity index (χ2n) is 4.86. The van der Waals surface area contributed by atoms with E-state index in [1.165, 1.54) is 0 Å². The van der Waals surface area contributed by atoms with E-state index < -0.39 is 23.0 Å². The van der Waals surface area contributed by atoms with E-state index in [4.69, 9.17) is 10.00 Å². The summed E-state index contributed by atoms with van der Waals surface area (Å²) in [7, 11) is -1.66. The van der Waals surface area contributed by atoms with Gasteiger partial charge in [-0.15, -0.1) is 0 Å². The molecule has 0 heterocycles. The summed E-state index contributed by atoms with van der Waals surface area (Å²) in [5.41, 5.74) is 1.85. The van der Waals surface area contributed by atoms with Gasteiger partial charge in [0.15, 0.2) is 0 Å². The number of esters is 1. The van der Waals surface area contributed by atoms with Gasteiger partial charge in [-0.2, -0.15) is 5.26 Å². The first-order valence-corrected chi connectivity index (χ1v) is 8.10. The predicted octanol–water partition coefficient (Wildman–Crippen LogP) is 2.24. The van der Waals surface area contributed by atoms with Gasteiger partial charge in [0, 0.05) is 0 Å². The molecule has 0 fully saturated rings. The average Bonchev–Trinajstić information content (AvgIpc) is 2.59. The molecule has 23 heavy (non-hydrogen) atoms. The molecule has 2 atom stereocenters. The van der Waals surface area contributed by atoms with E-state index in [1.807, 2.05) is 49.4 Å². The first kappa shape index (κ1) is 16.9. The van der Waals surface area contributed by atoms with Gasteiger partial charge in [0.25, 0.3) is 0 Å². The zero-order chi connectivity index (χ0) is 16.7. The Kier molecular flexibility index (Phi) is 6.03. The van der Waals surface area contributed by atoms with E-state index >= 15 is 0 Å². The molecule has 0 radical (unpaired) electrons. The predicted molar refractivity (Wildman–Crippen MR) is 86.4 cm³/mol. The van der Waals surface area contributed by atoms with Crippen molar-refractivity contribution in [2.24, 2.45) is 0 Å². The molecular formula is C17H16N2O3S. The Morgan fingerprint density at radius 3 is 2.48 bits per heavy atom. The zero-order valence-corrected chi connectivity index (χ0v) is 13.4. The fourth-order valence-electron chi connectivity index (χ4n) is 1.78. The van der Waals surface area contributed by atoms with Crippen molar-refractivity contribution in [1.82, 2.24) is 4.72 Å². The number of ether oxygens (including phenoxy) is 1. The van der Waals surface area contributed by atoms with Gasteiger partial charge in [-0.1, -0.05) is 48.0 Å². The van der Waals surface area contributed by atoms with Crippen LogP contribution in [0.2, 0.25) is 0 Å². The molecule has 1 unspecified atom stereocenters. The summed E-state index contributed by atoms with van der Waals surface area (Å²) in [6, 6.07) is 16.6. The summed E-state index contributed by atoms with van der Waals surface area (Å²) in [6.07, 6.45) is 0. The monoisotopic (exact) mass is 328 g/mol. The number of aryl methyl sites for hydroxylation is 1. The number of hydrogen-bond donors (Lipinski definition) is 1. The number of carbonyl (C=O) groups is 1. The standard InChI is InChI=1S/C17H16N2O3S/c1-13-7-9-15(10-8-13)23(21)19-16(11-18)17(20)22-12-14-5-3-2-4-6-14/h2-10,16,19H,12H2,1H3/t16-,23?/m1/s1. The van der Waals surface area contributed by atoms with Gasteiger partial charge >= 0.3 is 5.97 Å². The van der Waals surface area contributed by atoms with Crippen LogP contribution in [0, 0.1) is 18.3 Å². The Balaban J connectivity index is 1.93. The molecule has 5 nitrogen and oxygen atoms in total. The van der Waals surface area contributed by atoms with Gasteiger partial charge in [0.1, 0.15) is 17.6 Å². The molecule has 1 N–H and O–H groups in total. The van der Waals surface area contributed by atoms with Crippen LogP contribution in [0.3, 0.4) is 0 Å². The van der Waals surface area contributed by atoms with Crippen LogP contribution in [0.4, 0.5) is 0 Å². The van der Waals surface area contributed by atoms with Crippen molar-refractivity contribution in [3.05, 3.63) is 65.7 Å². The van der Waals surface area contributed by atoms with Crippen LogP contribution >= 0.6 is 0 Å². The minimum atomic E-state index is -1.66. The molecular weight excluding hydrogens is 312 g/mol. The molecule has 0 aromatic heterocycles. The van der Waals surface area contributed by atoms with Crippen molar-refractivity contribution >= 4 is 17.0 Å². The molecule has 2 rings (SSSR count). The highest BCUT2D eigenvalue weighted by Gasteiger charge is 2.22. The van der Waals surface area contributed by atoms with Gasteiger partial charge < -0.3 is 4.74 Å². The average molecular weight is 328 g/mol. The lowest BCUT2D eigenvalue weighted by Gasteiger charge is -2.11. The largest absolute Gasteiger partial charge is 0.459 e. The second-order valence-corrected chi connectivity index (χ2v) is 6.10. The Hall–Kier alpha value is -2.49. The molecule has 0 aliphatic rings. The Morgan fingerprint density at radius 1 is 1.22 bits per heavy atom. The molecule has 6 heteroatoms. The summed E-state index contributed by atoms with van der Waals surface area (Å²) >= 11 is 0. The maximum atomic E-state index is 12.1. The lowest BCUT2D eigenvalue weighted by atomic mass is 10.2. The lowest BCUT2D eigenvalue weighted by molar-refractivity contribution is -0.145. The van der Waals surface area contributed by atoms with Crippen LogP contribution in [0.5, 0.6) is 0 Å². The van der Waals surface area contributed by atoms with Crippen LogP contribution in [-0.4, -0.2) is 16.2 Å². The third-order valence-corrected chi connectivity index (χ3v) is 4.20. The molecule has 0 saturated heterocycles. The van der Waals surface area contributed by atoms with Crippen LogP contribution in [0.1, 0.15) is 11.1 Å². The van der Waals surface area contributed by atoms with E-state index in [1.54, 1.807) is 18.2 Å². The maximum absolute atomic E-state index is 12.1. The van der Waals surface area contributed by atoms with Gasteiger partial charge in [0.05, 0.1) is 11.0 Å². The van der Waals surface area contributed by atoms with E-state index in [2.05, 4.69) is 4.72 Å². The minimum Gasteiger partial charge on any atom is -0.459 e. The Morgan fingerprint density at radius 2 is 1.87 bits per heavy atom. The number of nitrogens with one attached hydrogen (secondary N) is 1. The van der Waals surface area contributed by atoms with Crippen LogP contribution < -0.4 is 4.72 Å². The van der Waals surface area contributed by atoms with Gasteiger partial charge in [0.2, 0.25) is 6.04 Å². The summed E-state index contributed by atoms with van der Waals surface area (Å²) in [5.74, 6) is -0.753. The molecule has 0 aliphatic carbocycles. The molecule has 2 aromatic rings. The Labute approximate surface area is 137 Å². The highest BCUT2D eigenvalue weighted by Crippen LogP contribution is 2.08. The van der Waals surface area contributed by atoms with Gasteiger partial charge in [-0.3, -0.25) is 0 Å². The summed E-state index contributed by atoms with van der Waals surface area (Å²) in [5, 5.41) is 9.09. The first-order valence-electron chi connectivity index (χ1n) is 6.95. The van der Waals surface area contributed by atoms with Crippen molar-refractivity contribution in [2.45, 2.75) is 24.5 Å².